The van der Waals surface area contributed by atoms with E-state index in [-0.39, 0.29) is 5.91 Å². The summed E-state index contributed by atoms with van der Waals surface area (Å²) in [7, 11) is 0. The molecule has 0 fully saturated rings. The second kappa shape index (κ2) is 5.67. The number of benzene rings is 1. The molecule has 0 aliphatic heterocycles. The van der Waals surface area contributed by atoms with Crippen LogP contribution in [0.5, 0.6) is 0 Å². The van der Waals surface area contributed by atoms with Crippen LogP contribution in [-0.4, -0.2) is 16.1 Å². The minimum Gasteiger partial charge on any atom is -0.397 e. The summed E-state index contributed by atoms with van der Waals surface area (Å²) in [6.07, 6.45) is 1.56. The molecule has 0 saturated carbocycles. The quantitative estimate of drug-likeness (QED) is 0.778. The van der Waals surface area contributed by atoms with Crippen molar-refractivity contribution in [2.45, 2.75) is 6.54 Å². The number of nitrogens with one attached hydrogen (secondary N) is 1. The second-order valence-corrected chi connectivity index (χ2v) is 5.84. The average molecular weight is 319 g/mol. The number of carbonyl (C=O) groups is 1. The predicted molar refractivity (Wildman–Crippen MR) is 84.4 cm³/mol. The summed E-state index contributed by atoms with van der Waals surface area (Å²) in [6, 6.07) is 9.05. The summed E-state index contributed by atoms with van der Waals surface area (Å²) >= 11 is 7.06. The zero-order chi connectivity index (χ0) is 14.8. The summed E-state index contributed by atoms with van der Waals surface area (Å²) in [4.78, 5) is 13.3. The van der Waals surface area contributed by atoms with Gasteiger partial charge in [-0.25, -0.2) is 0 Å². The summed E-state index contributed by atoms with van der Waals surface area (Å²) < 4.78 is 0. The normalized spacial score (nSPS) is 10.7. The number of nitrogen functional groups attached to an aromatic ring is 1. The molecule has 7 heteroatoms. The van der Waals surface area contributed by atoms with E-state index in [1.807, 2.05) is 12.1 Å². The Balaban J connectivity index is 1.78. The molecule has 3 rings (SSSR count). The van der Waals surface area contributed by atoms with Crippen LogP contribution in [0.2, 0.25) is 5.02 Å². The molecule has 0 atom stereocenters. The van der Waals surface area contributed by atoms with Gasteiger partial charge in [0.1, 0.15) is 9.71 Å². The van der Waals surface area contributed by atoms with Crippen molar-refractivity contribution in [1.82, 2.24) is 15.5 Å². The van der Waals surface area contributed by atoms with Crippen molar-refractivity contribution in [1.29, 1.82) is 0 Å². The molecular formula is C14H11ClN4OS. The monoisotopic (exact) mass is 318 g/mol. The summed E-state index contributed by atoms with van der Waals surface area (Å²) in [5.41, 5.74) is 7.40. The highest BCUT2D eigenvalue weighted by Gasteiger charge is 2.16. The molecule has 21 heavy (non-hydrogen) atoms. The number of nitrogens with zero attached hydrogens (tertiary/aromatic N) is 2. The Bertz CT molecular complexity index is 800. The third-order valence-corrected chi connectivity index (χ3v) is 4.35. The van der Waals surface area contributed by atoms with E-state index >= 15 is 0 Å². The Hall–Kier alpha value is -2.18. The van der Waals surface area contributed by atoms with E-state index in [1.54, 1.807) is 24.4 Å². The number of halogens is 1. The Morgan fingerprint density at radius 1 is 1.29 bits per heavy atom. The first-order valence-corrected chi connectivity index (χ1v) is 7.37. The first-order chi connectivity index (χ1) is 10.1. The summed E-state index contributed by atoms with van der Waals surface area (Å²) in [6.45, 7) is 0.412. The first kappa shape index (κ1) is 13.8. The van der Waals surface area contributed by atoms with Gasteiger partial charge in [-0.2, -0.15) is 5.10 Å². The van der Waals surface area contributed by atoms with Gasteiger partial charge in [-0.15, -0.1) is 16.4 Å². The highest BCUT2D eigenvalue weighted by Crippen LogP contribution is 2.31. The summed E-state index contributed by atoms with van der Waals surface area (Å²) in [5.74, 6) is -0.217. The Morgan fingerprint density at radius 3 is 2.76 bits per heavy atom. The van der Waals surface area contributed by atoms with Crippen molar-refractivity contribution in [3.8, 4) is 0 Å². The largest absolute Gasteiger partial charge is 0.397 e. The van der Waals surface area contributed by atoms with Crippen molar-refractivity contribution in [2.75, 3.05) is 5.73 Å². The molecule has 0 saturated heterocycles. The lowest BCUT2D eigenvalue weighted by Gasteiger charge is -2.04. The number of fused-ring (bicyclic) bond motifs is 1. The van der Waals surface area contributed by atoms with Crippen LogP contribution in [0.1, 0.15) is 15.2 Å². The Morgan fingerprint density at radius 2 is 2.05 bits per heavy atom. The molecule has 0 aliphatic carbocycles. The van der Waals surface area contributed by atoms with Gasteiger partial charge in [0.05, 0.1) is 11.9 Å². The maximum Gasteiger partial charge on any atom is 0.263 e. The molecule has 1 aromatic carbocycles. The number of rotatable bonds is 3. The van der Waals surface area contributed by atoms with Crippen molar-refractivity contribution >= 4 is 44.7 Å². The molecule has 106 valence electrons. The number of amides is 1. The Labute approximate surface area is 129 Å². The SMILES string of the molecule is Nc1c(C(=O)NCc2ccc(Cl)cc2)sc2nnccc12. The van der Waals surface area contributed by atoms with E-state index in [9.17, 15) is 4.79 Å². The van der Waals surface area contributed by atoms with E-state index in [0.29, 0.717) is 27.0 Å². The number of aromatic nitrogens is 2. The van der Waals surface area contributed by atoms with E-state index < -0.39 is 0 Å². The van der Waals surface area contributed by atoms with Crippen molar-refractivity contribution < 1.29 is 4.79 Å². The number of carbonyl (C=O) groups excluding carboxylic acids is 1. The molecule has 0 aliphatic rings. The molecule has 3 N–H and O–H groups in total. The van der Waals surface area contributed by atoms with E-state index in [0.717, 1.165) is 10.9 Å². The van der Waals surface area contributed by atoms with Gasteiger partial charge >= 0.3 is 0 Å². The van der Waals surface area contributed by atoms with Crippen LogP contribution < -0.4 is 11.1 Å². The molecule has 0 unspecified atom stereocenters. The lowest BCUT2D eigenvalue weighted by Crippen LogP contribution is -2.22. The standard InChI is InChI=1S/C14H11ClN4OS/c15-9-3-1-8(2-4-9)7-17-13(20)12-11(16)10-5-6-18-19-14(10)21-12/h1-6H,7,16H2,(H,17,20). The highest BCUT2D eigenvalue weighted by molar-refractivity contribution is 7.21. The fraction of sp³-hybridized carbons (Fsp3) is 0.0714. The maximum absolute atomic E-state index is 12.2. The number of hydrogen-bond acceptors (Lipinski definition) is 5. The van der Waals surface area contributed by atoms with Crippen LogP contribution in [-0.2, 0) is 6.54 Å². The Kier molecular flexibility index (Phi) is 3.72. The van der Waals surface area contributed by atoms with Crippen LogP contribution in [0, 0.1) is 0 Å². The minimum atomic E-state index is -0.217. The van der Waals surface area contributed by atoms with Crippen LogP contribution in [0.25, 0.3) is 10.2 Å². The van der Waals surface area contributed by atoms with Crippen LogP contribution in [0.4, 0.5) is 5.69 Å². The van der Waals surface area contributed by atoms with Crippen molar-refractivity contribution in [3.05, 3.63) is 52.0 Å². The molecule has 2 aromatic heterocycles. The molecule has 5 nitrogen and oxygen atoms in total. The van der Waals surface area contributed by atoms with Crippen molar-refractivity contribution in [3.63, 3.8) is 0 Å². The average Bonchev–Trinajstić information content (AvgIpc) is 2.84. The maximum atomic E-state index is 12.2. The van der Waals surface area contributed by atoms with E-state index in [1.165, 1.54) is 11.3 Å². The van der Waals surface area contributed by atoms with Gasteiger partial charge in [0.15, 0.2) is 0 Å². The van der Waals surface area contributed by atoms with Gasteiger partial charge in [-0.05, 0) is 23.8 Å². The molecule has 1 amide bonds. The molecular weight excluding hydrogens is 308 g/mol. The van der Waals surface area contributed by atoms with Gasteiger partial charge in [-0.1, -0.05) is 23.7 Å². The minimum absolute atomic E-state index is 0.217. The number of anilines is 1. The third-order valence-electron chi connectivity index (χ3n) is 2.99. The van der Waals surface area contributed by atoms with Crippen LogP contribution in [0.3, 0.4) is 0 Å². The van der Waals surface area contributed by atoms with Crippen molar-refractivity contribution in [2.24, 2.45) is 0 Å². The number of nitrogens with two attached hydrogens (primary N) is 1. The fourth-order valence-corrected chi connectivity index (χ4v) is 2.99. The molecule has 0 bridgehead atoms. The zero-order valence-corrected chi connectivity index (χ0v) is 12.4. The third kappa shape index (κ3) is 2.81. The number of thiophene rings is 1. The van der Waals surface area contributed by atoms with Crippen LogP contribution in [0.15, 0.2) is 36.5 Å². The molecule has 3 aromatic rings. The fourth-order valence-electron chi connectivity index (χ4n) is 1.91. The van der Waals surface area contributed by atoms with Gasteiger partial charge < -0.3 is 11.1 Å². The van der Waals surface area contributed by atoms with E-state index in [4.69, 9.17) is 17.3 Å². The second-order valence-electron chi connectivity index (χ2n) is 4.40. The van der Waals surface area contributed by atoms with Gasteiger partial charge in [0.25, 0.3) is 5.91 Å². The lowest BCUT2D eigenvalue weighted by molar-refractivity contribution is 0.0956. The van der Waals surface area contributed by atoms with Crippen LogP contribution >= 0.6 is 22.9 Å². The predicted octanol–water partition coefficient (Wildman–Crippen LogP) is 2.86. The van der Waals surface area contributed by atoms with Gasteiger partial charge in [-0.3, -0.25) is 4.79 Å². The summed E-state index contributed by atoms with van der Waals surface area (Å²) in [5, 5.41) is 12.0. The smallest absolute Gasteiger partial charge is 0.263 e. The zero-order valence-electron chi connectivity index (χ0n) is 10.8. The van der Waals surface area contributed by atoms with E-state index in [2.05, 4.69) is 15.5 Å². The highest BCUT2D eigenvalue weighted by atomic mass is 35.5. The lowest BCUT2D eigenvalue weighted by atomic mass is 10.2. The van der Waals surface area contributed by atoms with Gasteiger partial charge in [0.2, 0.25) is 0 Å². The topological polar surface area (TPSA) is 80.9 Å². The molecule has 2 heterocycles. The molecule has 0 radical (unpaired) electrons. The first-order valence-electron chi connectivity index (χ1n) is 6.17. The van der Waals surface area contributed by atoms with Gasteiger partial charge in [0, 0.05) is 17.0 Å². The number of hydrogen-bond donors (Lipinski definition) is 2. The molecule has 0 spiro atoms.